The van der Waals surface area contributed by atoms with Crippen molar-refractivity contribution in [2.75, 3.05) is 36.1 Å². The zero-order chi connectivity index (χ0) is 28.8. The van der Waals surface area contributed by atoms with Gasteiger partial charge in [0, 0.05) is 35.5 Å². The van der Waals surface area contributed by atoms with Crippen LogP contribution < -0.4 is 22.9 Å². The second kappa shape index (κ2) is 13.5. The Kier molecular flexibility index (Phi) is 10.1. The summed E-state index contributed by atoms with van der Waals surface area (Å²) in [6, 6.07) is 10.5. The molecule has 210 valence electrons. The average Bonchev–Trinajstić information content (AvgIpc) is 2.89. The molecule has 8 N–H and O–H groups in total. The lowest BCUT2D eigenvalue weighted by molar-refractivity contribution is 0.0879. The van der Waals surface area contributed by atoms with Crippen molar-refractivity contribution in [3.05, 3.63) is 67.9 Å². The summed E-state index contributed by atoms with van der Waals surface area (Å²) >= 11 is 25.2. The van der Waals surface area contributed by atoms with Crippen LogP contribution in [0.5, 0.6) is 0 Å². The van der Waals surface area contributed by atoms with Gasteiger partial charge in [0.25, 0.3) is 0 Å². The lowest BCUT2D eigenvalue weighted by Crippen LogP contribution is -2.09. The Hall–Kier alpha value is -3.12. The molecule has 0 aliphatic carbocycles. The molecular weight excluding hydrogens is 598 g/mol. The van der Waals surface area contributed by atoms with Crippen molar-refractivity contribution >= 4 is 69.9 Å². The van der Waals surface area contributed by atoms with Gasteiger partial charge in [0.2, 0.25) is 11.9 Å². The fraction of sp³-hybridized carbons (Fsp3) is 0.231. The molecule has 2 heterocycles. The van der Waals surface area contributed by atoms with Crippen LogP contribution in [-0.4, -0.2) is 33.1 Å². The van der Waals surface area contributed by atoms with Gasteiger partial charge in [-0.2, -0.15) is 9.97 Å². The van der Waals surface area contributed by atoms with Crippen molar-refractivity contribution in [1.82, 2.24) is 19.9 Å². The highest BCUT2D eigenvalue weighted by Crippen LogP contribution is 2.39. The number of hydrogen-bond acceptors (Lipinski definition) is 10. The van der Waals surface area contributed by atoms with Crippen molar-refractivity contribution in [3.8, 4) is 22.3 Å². The van der Waals surface area contributed by atoms with E-state index in [1.165, 1.54) is 0 Å². The Morgan fingerprint density at radius 3 is 1.38 bits per heavy atom. The SMILES string of the molecule is Nc1nc(N)c(-c2cccc(Cl)c2Cl)c(COCCCCOCc2nc(N)nc(N)c2-c2cccc(Cl)c2Cl)n1. The van der Waals surface area contributed by atoms with E-state index in [9.17, 15) is 0 Å². The number of rotatable bonds is 11. The second-order valence-electron chi connectivity index (χ2n) is 8.59. The predicted octanol–water partition coefficient (Wildman–Crippen LogP) is 6.06. The number of anilines is 4. The van der Waals surface area contributed by atoms with E-state index < -0.39 is 0 Å². The first-order valence-corrected chi connectivity index (χ1v) is 13.6. The summed E-state index contributed by atoms with van der Waals surface area (Å²) in [6.45, 7) is 1.18. The van der Waals surface area contributed by atoms with E-state index >= 15 is 0 Å². The molecule has 0 atom stereocenters. The summed E-state index contributed by atoms with van der Waals surface area (Å²) in [5.41, 5.74) is 27.2. The van der Waals surface area contributed by atoms with E-state index in [0.717, 1.165) is 0 Å². The minimum Gasteiger partial charge on any atom is -0.383 e. The molecule has 0 aliphatic rings. The van der Waals surface area contributed by atoms with Crippen LogP contribution in [0.4, 0.5) is 23.5 Å². The Bertz CT molecular complexity index is 1410. The third-order valence-corrected chi connectivity index (χ3v) is 7.44. The van der Waals surface area contributed by atoms with E-state index in [2.05, 4.69) is 19.9 Å². The molecule has 10 nitrogen and oxygen atoms in total. The smallest absolute Gasteiger partial charge is 0.222 e. The molecule has 2 aromatic heterocycles. The van der Waals surface area contributed by atoms with Crippen LogP contribution in [0.3, 0.4) is 0 Å². The molecule has 0 spiro atoms. The van der Waals surface area contributed by atoms with E-state index in [1.807, 2.05) is 0 Å². The lowest BCUT2D eigenvalue weighted by atomic mass is 10.0. The van der Waals surface area contributed by atoms with Gasteiger partial charge in [-0.15, -0.1) is 0 Å². The van der Waals surface area contributed by atoms with Crippen LogP contribution in [0.2, 0.25) is 20.1 Å². The largest absolute Gasteiger partial charge is 0.383 e. The van der Waals surface area contributed by atoms with Crippen LogP contribution in [0.1, 0.15) is 24.2 Å². The first-order valence-electron chi connectivity index (χ1n) is 12.0. The summed E-state index contributed by atoms with van der Waals surface area (Å²) in [7, 11) is 0. The van der Waals surface area contributed by atoms with Gasteiger partial charge in [-0.25, -0.2) is 9.97 Å². The highest BCUT2D eigenvalue weighted by atomic mass is 35.5. The van der Waals surface area contributed by atoms with Gasteiger partial charge in [0.1, 0.15) is 11.6 Å². The van der Waals surface area contributed by atoms with Gasteiger partial charge in [-0.3, -0.25) is 0 Å². The van der Waals surface area contributed by atoms with Crippen molar-refractivity contribution in [3.63, 3.8) is 0 Å². The molecular formula is C26H26Cl4N8O2. The fourth-order valence-corrected chi connectivity index (χ4v) is 4.82. The summed E-state index contributed by atoms with van der Waals surface area (Å²) in [5, 5.41) is 1.46. The number of ether oxygens (including phenoxy) is 2. The molecule has 0 saturated carbocycles. The van der Waals surface area contributed by atoms with Gasteiger partial charge < -0.3 is 32.4 Å². The number of aromatic nitrogens is 4. The third-order valence-electron chi connectivity index (χ3n) is 5.81. The maximum absolute atomic E-state index is 6.40. The lowest BCUT2D eigenvalue weighted by Gasteiger charge is -2.15. The number of nitrogens with two attached hydrogens (primary N) is 4. The van der Waals surface area contributed by atoms with Gasteiger partial charge >= 0.3 is 0 Å². The number of nitrogens with zero attached hydrogens (tertiary/aromatic N) is 4. The molecule has 0 radical (unpaired) electrons. The van der Waals surface area contributed by atoms with E-state index in [0.29, 0.717) is 79.8 Å². The maximum atomic E-state index is 6.40. The highest BCUT2D eigenvalue weighted by Gasteiger charge is 2.19. The number of unbranched alkanes of at least 4 members (excludes halogenated alkanes) is 1. The molecule has 0 aliphatic heterocycles. The standard InChI is InChI=1S/C26H26Cl4N8O2/c27-15-7-3-5-13(21(15)29)19-17(35-25(33)37-23(19)31)11-39-9-1-2-10-40-12-18-20(24(32)38-26(34)36-18)14-6-4-8-16(28)22(14)30/h3-8H,1-2,9-12H2,(H4,31,33,35,37)(H4,32,34,36,38). The monoisotopic (exact) mass is 622 g/mol. The van der Waals surface area contributed by atoms with Gasteiger partial charge in [-0.1, -0.05) is 70.7 Å². The van der Waals surface area contributed by atoms with Crippen LogP contribution in [-0.2, 0) is 22.7 Å². The second-order valence-corrected chi connectivity index (χ2v) is 10.2. The molecule has 0 unspecified atom stereocenters. The van der Waals surface area contributed by atoms with Crippen LogP contribution >= 0.6 is 46.4 Å². The van der Waals surface area contributed by atoms with Crippen molar-refractivity contribution in [2.24, 2.45) is 0 Å². The zero-order valence-corrected chi connectivity index (χ0v) is 24.2. The molecule has 0 amide bonds. The van der Waals surface area contributed by atoms with Gasteiger partial charge in [-0.05, 0) is 25.0 Å². The summed E-state index contributed by atoms with van der Waals surface area (Å²) in [5.74, 6) is 0.452. The van der Waals surface area contributed by atoms with Crippen molar-refractivity contribution in [2.45, 2.75) is 26.1 Å². The molecule has 0 bridgehead atoms. The average molecular weight is 624 g/mol. The zero-order valence-electron chi connectivity index (χ0n) is 21.1. The minimum atomic E-state index is 0.0378. The number of hydrogen-bond donors (Lipinski definition) is 4. The Labute approximate surface area is 250 Å². The number of benzene rings is 2. The summed E-state index contributed by atoms with van der Waals surface area (Å²) in [4.78, 5) is 16.7. The Balaban J connectivity index is 1.32. The third kappa shape index (κ3) is 6.95. The predicted molar refractivity (Wildman–Crippen MR) is 161 cm³/mol. The van der Waals surface area contributed by atoms with Crippen LogP contribution in [0, 0.1) is 0 Å². The Morgan fingerprint density at radius 2 is 0.975 bits per heavy atom. The quantitative estimate of drug-likeness (QED) is 0.144. The molecule has 2 aromatic carbocycles. The topological polar surface area (TPSA) is 174 Å². The molecule has 0 saturated heterocycles. The maximum Gasteiger partial charge on any atom is 0.222 e. The van der Waals surface area contributed by atoms with Crippen molar-refractivity contribution in [1.29, 1.82) is 0 Å². The van der Waals surface area contributed by atoms with Gasteiger partial charge in [0.15, 0.2) is 0 Å². The summed E-state index contributed by atoms with van der Waals surface area (Å²) in [6.07, 6.45) is 1.43. The normalized spacial score (nSPS) is 11.2. The number of halogens is 4. The molecule has 4 rings (SSSR count). The van der Waals surface area contributed by atoms with Gasteiger partial charge in [0.05, 0.1) is 44.7 Å². The summed E-state index contributed by atoms with van der Waals surface area (Å²) < 4.78 is 11.7. The molecule has 40 heavy (non-hydrogen) atoms. The van der Waals surface area contributed by atoms with E-state index in [1.54, 1.807) is 36.4 Å². The Morgan fingerprint density at radius 1 is 0.575 bits per heavy atom. The minimum absolute atomic E-state index is 0.0378. The number of nitrogen functional groups attached to an aromatic ring is 4. The van der Waals surface area contributed by atoms with Crippen molar-refractivity contribution < 1.29 is 9.47 Å². The fourth-order valence-electron chi connectivity index (χ4n) is 4.03. The molecule has 14 heteroatoms. The first-order chi connectivity index (χ1) is 19.2. The first kappa shape index (κ1) is 29.9. The highest BCUT2D eigenvalue weighted by molar-refractivity contribution is 6.44. The molecule has 0 fully saturated rings. The molecule has 4 aromatic rings. The van der Waals surface area contributed by atoms with Crippen LogP contribution in [0.25, 0.3) is 22.3 Å². The van der Waals surface area contributed by atoms with E-state index in [-0.39, 0.29) is 36.7 Å². The van der Waals surface area contributed by atoms with E-state index in [4.69, 9.17) is 78.8 Å². The van der Waals surface area contributed by atoms with Crippen LogP contribution in [0.15, 0.2) is 36.4 Å².